The van der Waals surface area contributed by atoms with E-state index < -0.39 is 5.91 Å². The third-order valence-electron chi connectivity index (χ3n) is 6.72. The molecule has 1 aliphatic heterocycles. The number of halogens is 1. The number of aromatic nitrogens is 5. The summed E-state index contributed by atoms with van der Waals surface area (Å²) in [5.74, 6) is 0.155. The number of amides is 2. The van der Waals surface area contributed by atoms with Gasteiger partial charge in [-0.25, -0.2) is 0 Å². The number of carbonyl (C=O) groups excluding carboxylic acids is 2. The van der Waals surface area contributed by atoms with E-state index in [-0.39, 0.29) is 29.5 Å². The predicted octanol–water partition coefficient (Wildman–Crippen LogP) is 2.77. The van der Waals surface area contributed by atoms with E-state index in [0.717, 1.165) is 12.8 Å². The molecule has 0 radical (unpaired) electrons. The highest BCUT2D eigenvalue weighted by atomic mass is 35.5. The number of benzene rings is 1. The van der Waals surface area contributed by atoms with E-state index in [1.807, 2.05) is 30.0 Å². The summed E-state index contributed by atoms with van der Waals surface area (Å²) in [6.45, 7) is 2.68. The number of primary amides is 1. The zero-order chi connectivity index (χ0) is 25.4. The molecule has 11 nitrogen and oxygen atoms in total. The summed E-state index contributed by atoms with van der Waals surface area (Å²) in [6, 6.07) is 5.43. The molecule has 5 rings (SSSR count). The van der Waals surface area contributed by atoms with E-state index >= 15 is 0 Å². The number of anilines is 3. The molecule has 0 bridgehead atoms. The highest BCUT2D eigenvalue weighted by Crippen LogP contribution is 2.41. The van der Waals surface area contributed by atoms with Crippen LogP contribution in [-0.4, -0.2) is 55.4 Å². The zero-order valence-electron chi connectivity index (χ0n) is 20.1. The van der Waals surface area contributed by atoms with Gasteiger partial charge >= 0.3 is 0 Å². The molecule has 2 aromatic heterocycles. The van der Waals surface area contributed by atoms with Crippen LogP contribution >= 0.6 is 11.6 Å². The summed E-state index contributed by atoms with van der Waals surface area (Å²) in [5.41, 5.74) is 7.71. The van der Waals surface area contributed by atoms with Crippen LogP contribution in [0.1, 0.15) is 64.9 Å². The molecule has 1 saturated carbocycles. The number of hydrogen-bond acceptors (Lipinski definition) is 8. The van der Waals surface area contributed by atoms with Gasteiger partial charge in [-0.05, 0) is 56.2 Å². The van der Waals surface area contributed by atoms with Crippen LogP contribution in [0.2, 0.25) is 5.02 Å². The van der Waals surface area contributed by atoms with Crippen molar-refractivity contribution in [3.05, 3.63) is 52.4 Å². The molecule has 0 unspecified atom stereocenters. The molecular weight excluding hydrogens is 482 g/mol. The fourth-order valence-corrected chi connectivity index (χ4v) is 4.84. The number of aryl methyl sites for hydroxylation is 1. The van der Waals surface area contributed by atoms with Gasteiger partial charge in [-0.3, -0.25) is 14.3 Å². The van der Waals surface area contributed by atoms with Crippen LogP contribution < -0.4 is 21.3 Å². The molecule has 2 aliphatic rings. The van der Waals surface area contributed by atoms with Crippen LogP contribution in [0.5, 0.6) is 0 Å². The van der Waals surface area contributed by atoms with Crippen LogP contribution in [0.25, 0.3) is 0 Å². The minimum Gasteiger partial charge on any atom is -0.364 e. The lowest BCUT2D eigenvalue weighted by Crippen LogP contribution is -2.54. The number of rotatable bonds is 7. The molecule has 1 aromatic carbocycles. The lowest BCUT2D eigenvalue weighted by molar-refractivity contribution is 0.0923. The number of nitrogens with zero attached hydrogens (tertiary/aromatic N) is 6. The molecule has 1 saturated heterocycles. The molecule has 1 aliphatic carbocycles. The number of piperidine rings is 1. The smallest absolute Gasteiger partial charge is 0.273 e. The molecule has 3 aromatic rings. The Morgan fingerprint density at radius 2 is 2.00 bits per heavy atom. The van der Waals surface area contributed by atoms with E-state index in [4.69, 9.17) is 17.3 Å². The number of nitrogens with one attached hydrogen (secondary N) is 2. The molecular formula is C24H28ClN9O2. The van der Waals surface area contributed by atoms with Gasteiger partial charge in [0.2, 0.25) is 5.95 Å². The summed E-state index contributed by atoms with van der Waals surface area (Å²) in [4.78, 5) is 31.5. The first kappa shape index (κ1) is 24.0. The van der Waals surface area contributed by atoms with E-state index in [9.17, 15) is 9.59 Å². The summed E-state index contributed by atoms with van der Waals surface area (Å²) >= 11 is 6.45. The van der Waals surface area contributed by atoms with E-state index in [0.29, 0.717) is 34.7 Å². The largest absolute Gasteiger partial charge is 0.364 e. The second-order valence-corrected chi connectivity index (χ2v) is 9.78. The average Bonchev–Trinajstić information content (AvgIpc) is 3.62. The first-order valence-electron chi connectivity index (χ1n) is 12.0. The van der Waals surface area contributed by atoms with E-state index in [2.05, 4.69) is 30.9 Å². The second-order valence-electron chi connectivity index (χ2n) is 9.37. The van der Waals surface area contributed by atoms with Gasteiger partial charge in [0, 0.05) is 31.9 Å². The van der Waals surface area contributed by atoms with Gasteiger partial charge in [0.05, 0.1) is 22.5 Å². The SMILES string of the molecule is C[C@@H]1[C@H](NC(=O)c2ccc(C3CC3)cc2Cl)CCCN1c1nnc(C(N)=O)c(Nc2cnn(C)c2)n1. The average molecular weight is 510 g/mol. The van der Waals surface area contributed by atoms with Crippen molar-refractivity contribution in [3.63, 3.8) is 0 Å². The van der Waals surface area contributed by atoms with Gasteiger partial charge in [0.1, 0.15) is 0 Å². The Hall–Kier alpha value is -3.73. The molecule has 0 spiro atoms. The third-order valence-corrected chi connectivity index (χ3v) is 7.04. The van der Waals surface area contributed by atoms with Gasteiger partial charge in [-0.2, -0.15) is 10.1 Å². The minimum absolute atomic E-state index is 0.0681. The number of hydrogen-bond donors (Lipinski definition) is 3. The van der Waals surface area contributed by atoms with Crippen molar-refractivity contribution in [1.29, 1.82) is 0 Å². The van der Waals surface area contributed by atoms with Crippen LogP contribution in [0.3, 0.4) is 0 Å². The van der Waals surface area contributed by atoms with Gasteiger partial charge in [0.25, 0.3) is 11.8 Å². The molecule has 3 heterocycles. The second kappa shape index (κ2) is 9.73. The Balaban J connectivity index is 1.34. The van der Waals surface area contributed by atoms with E-state index in [1.165, 1.54) is 18.4 Å². The maximum atomic E-state index is 13.1. The van der Waals surface area contributed by atoms with Crippen LogP contribution in [0.15, 0.2) is 30.6 Å². The fraction of sp³-hybridized carbons (Fsp3) is 0.417. The molecule has 2 amide bonds. The van der Waals surface area contributed by atoms with Crippen molar-refractivity contribution in [2.24, 2.45) is 12.8 Å². The van der Waals surface area contributed by atoms with Gasteiger partial charge in [0.15, 0.2) is 11.5 Å². The fourth-order valence-electron chi connectivity index (χ4n) is 4.57. The minimum atomic E-state index is -0.741. The summed E-state index contributed by atoms with van der Waals surface area (Å²) in [5, 5.41) is 19.0. The van der Waals surface area contributed by atoms with Crippen LogP contribution in [-0.2, 0) is 7.05 Å². The number of carbonyl (C=O) groups is 2. The lowest BCUT2D eigenvalue weighted by atomic mass is 9.97. The topological polar surface area (TPSA) is 144 Å². The Morgan fingerprint density at radius 1 is 1.19 bits per heavy atom. The summed E-state index contributed by atoms with van der Waals surface area (Å²) in [6.07, 6.45) is 7.31. The Kier molecular flexibility index (Phi) is 6.48. The van der Waals surface area contributed by atoms with Crippen molar-refractivity contribution in [2.45, 2.75) is 50.6 Å². The van der Waals surface area contributed by atoms with Crippen molar-refractivity contribution in [1.82, 2.24) is 30.3 Å². The molecule has 188 valence electrons. The first-order chi connectivity index (χ1) is 17.3. The molecule has 36 heavy (non-hydrogen) atoms. The quantitative estimate of drug-likeness (QED) is 0.441. The molecule has 2 atom stereocenters. The van der Waals surface area contributed by atoms with Crippen molar-refractivity contribution >= 4 is 40.9 Å². The standard InChI is InChI=1S/C24H28ClN9O2/c1-13-19(29-23(36)17-8-7-15(10-18(17)25)14-5-6-14)4-3-9-34(13)24-30-22(20(21(26)35)31-32-24)28-16-11-27-33(2)12-16/h7-8,10-14,19H,3-6,9H2,1-2H3,(H2,26,35)(H,29,36)(H,28,30,32)/t13-,19-/m1/s1. The molecule has 4 N–H and O–H groups in total. The monoisotopic (exact) mass is 509 g/mol. The Bertz CT molecular complexity index is 1310. The van der Waals surface area contributed by atoms with Crippen molar-refractivity contribution < 1.29 is 9.59 Å². The Morgan fingerprint density at radius 3 is 2.67 bits per heavy atom. The zero-order valence-corrected chi connectivity index (χ0v) is 20.9. The highest BCUT2D eigenvalue weighted by Gasteiger charge is 2.32. The van der Waals surface area contributed by atoms with Crippen LogP contribution in [0, 0.1) is 0 Å². The normalized spacial score (nSPS) is 19.7. The van der Waals surface area contributed by atoms with Crippen molar-refractivity contribution in [2.75, 3.05) is 16.8 Å². The van der Waals surface area contributed by atoms with Crippen LogP contribution in [0.4, 0.5) is 17.5 Å². The summed E-state index contributed by atoms with van der Waals surface area (Å²) < 4.78 is 1.62. The maximum Gasteiger partial charge on any atom is 0.273 e. The first-order valence-corrected chi connectivity index (χ1v) is 12.3. The predicted molar refractivity (Wildman–Crippen MR) is 136 cm³/mol. The van der Waals surface area contributed by atoms with Gasteiger partial charge in [-0.1, -0.05) is 17.7 Å². The Labute approximate surface area is 213 Å². The molecule has 12 heteroatoms. The highest BCUT2D eigenvalue weighted by molar-refractivity contribution is 6.33. The lowest BCUT2D eigenvalue weighted by Gasteiger charge is -2.39. The van der Waals surface area contributed by atoms with Gasteiger partial charge < -0.3 is 21.3 Å². The number of nitrogens with two attached hydrogens (primary N) is 1. The third kappa shape index (κ3) is 4.97. The summed E-state index contributed by atoms with van der Waals surface area (Å²) in [7, 11) is 1.78. The van der Waals surface area contributed by atoms with Gasteiger partial charge in [-0.15, -0.1) is 10.2 Å². The van der Waals surface area contributed by atoms with E-state index in [1.54, 1.807) is 24.1 Å². The molecule has 2 fully saturated rings. The van der Waals surface area contributed by atoms with Crippen molar-refractivity contribution in [3.8, 4) is 0 Å². The maximum absolute atomic E-state index is 13.1.